The van der Waals surface area contributed by atoms with Crippen molar-refractivity contribution in [2.45, 2.75) is 53.2 Å². The molecule has 3 unspecified atom stereocenters. The Kier molecular flexibility index (Phi) is 5.91. The van der Waals surface area contributed by atoms with Crippen molar-refractivity contribution in [3.63, 3.8) is 0 Å². The molecule has 3 aliphatic carbocycles. The lowest BCUT2D eigenvalue weighted by molar-refractivity contribution is 0.521. The number of rotatable bonds is 2. The van der Waals surface area contributed by atoms with E-state index >= 15 is 0 Å². The van der Waals surface area contributed by atoms with E-state index in [1.165, 1.54) is 72.3 Å². The molecular formula is C47H34N2S. The number of benzene rings is 5. The fourth-order valence-corrected chi connectivity index (χ4v) is 11.1. The van der Waals surface area contributed by atoms with E-state index in [0.717, 1.165) is 24.4 Å². The Morgan fingerprint density at radius 3 is 2.42 bits per heavy atom. The molecule has 5 aliphatic rings. The van der Waals surface area contributed by atoms with Crippen LogP contribution >= 0.6 is 11.8 Å². The van der Waals surface area contributed by atoms with Crippen molar-refractivity contribution in [3.05, 3.63) is 178 Å². The van der Waals surface area contributed by atoms with Gasteiger partial charge in [0.1, 0.15) is 5.82 Å². The summed E-state index contributed by atoms with van der Waals surface area (Å²) in [6, 6.07) is 43.3. The first-order valence-corrected chi connectivity index (χ1v) is 18.7. The predicted octanol–water partition coefficient (Wildman–Crippen LogP) is 11.6. The van der Waals surface area contributed by atoms with E-state index in [9.17, 15) is 0 Å². The van der Waals surface area contributed by atoms with Gasteiger partial charge in [0.05, 0.1) is 22.2 Å². The van der Waals surface area contributed by atoms with Gasteiger partial charge in [-0.05, 0) is 101 Å². The van der Waals surface area contributed by atoms with Crippen LogP contribution < -0.4 is 0 Å². The molecule has 0 N–H and O–H groups in total. The van der Waals surface area contributed by atoms with Crippen LogP contribution in [0.25, 0.3) is 33.2 Å². The lowest BCUT2D eigenvalue weighted by Gasteiger charge is -2.42. The van der Waals surface area contributed by atoms with E-state index in [2.05, 4.69) is 150 Å². The van der Waals surface area contributed by atoms with Gasteiger partial charge in [0.25, 0.3) is 0 Å². The molecule has 5 aromatic carbocycles. The Hall–Kier alpha value is -5.30. The number of nitrogens with zero attached hydrogens (tertiary/aromatic N) is 2. The van der Waals surface area contributed by atoms with Gasteiger partial charge in [0.15, 0.2) is 0 Å². The largest absolute Gasteiger partial charge is 0.294 e. The molecule has 0 fully saturated rings. The highest BCUT2D eigenvalue weighted by atomic mass is 32.2. The molecule has 0 saturated carbocycles. The maximum atomic E-state index is 5.41. The third-order valence-electron chi connectivity index (χ3n) is 12.1. The molecule has 1 aromatic heterocycles. The number of hydrogen-bond donors (Lipinski definition) is 0. The average molecular weight is 659 g/mol. The van der Waals surface area contributed by atoms with Crippen LogP contribution in [0.4, 0.5) is 0 Å². The number of aliphatic imine (C=N–C) groups is 1. The minimum Gasteiger partial charge on any atom is -0.294 e. The lowest BCUT2D eigenvalue weighted by Crippen LogP contribution is -2.37. The molecule has 2 nitrogen and oxygen atoms in total. The molecule has 3 atom stereocenters. The summed E-state index contributed by atoms with van der Waals surface area (Å²) in [5, 5.41) is 2.54. The predicted molar refractivity (Wildman–Crippen MR) is 207 cm³/mol. The van der Waals surface area contributed by atoms with Crippen LogP contribution in [-0.4, -0.2) is 10.3 Å². The molecule has 2 aliphatic heterocycles. The van der Waals surface area contributed by atoms with Crippen molar-refractivity contribution in [1.29, 1.82) is 0 Å². The maximum absolute atomic E-state index is 5.41. The van der Waals surface area contributed by atoms with Gasteiger partial charge in [-0.15, -0.1) is 0 Å². The number of aromatic nitrogens is 1. The Labute approximate surface area is 296 Å². The SMILES string of the molecule is CC1(c2ccccc2)C=C(n2c3ccccc3c3cc4c(cc32)Sc2ccccc2C42C3=C(CCCC3)c3ccccc32)N=C2C=C=C=CC21. The minimum absolute atomic E-state index is 0.0862. The Balaban J connectivity index is 1.23. The molecule has 3 heteroatoms. The molecular weight excluding hydrogens is 625 g/mol. The molecule has 50 heavy (non-hydrogen) atoms. The van der Waals surface area contributed by atoms with E-state index in [1.54, 1.807) is 11.1 Å². The third-order valence-corrected chi connectivity index (χ3v) is 13.2. The summed E-state index contributed by atoms with van der Waals surface area (Å²) in [6.45, 7) is 2.35. The zero-order chi connectivity index (χ0) is 33.0. The van der Waals surface area contributed by atoms with Gasteiger partial charge in [-0.25, -0.2) is 4.99 Å². The number of para-hydroxylation sites is 1. The van der Waals surface area contributed by atoms with Crippen LogP contribution in [0.15, 0.2) is 165 Å². The quantitative estimate of drug-likeness (QED) is 0.169. The summed E-state index contributed by atoms with van der Waals surface area (Å²) in [4.78, 5) is 8.11. The normalized spacial score (nSPS) is 24.1. The molecule has 0 saturated heterocycles. The molecule has 11 rings (SSSR count). The minimum atomic E-state index is -0.305. The van der Waals surface area contributed by atoms with Crippen molar-refractivity contribution in [2.75, 3.05) is 0 Å². The highest BCUT2D eigenvalue weighted by Crippen LogP contribution is 2.64. The van der Waals surface area contributed by atoms with E-state index < -0.39 is 0 Å². The average Bonchev–Trinajstić information content (AvgIpc) is 3.65. The van der Waals surface area contributed by atoms with Crippen molar-refractivity contribution in [3.8, 4) is 0 Å². The number of allylic oxidation sites excluding steroid dienone is 5. The van der Waals surface area contributed by atoms with E-state index in [4.69, 9.17) is 4.99 Å². The van der Waals surface area contributed by atoms with Crippen LogP contribution in [0.1, 0.15) is 60.4 Å². The first-order chi connectivity index (χ1) is 24.7. The standard InChI is InChI=1S/C47H34N2S/c1-46(30-15-3-2-4-16-30)29-45(48-40-24-12-10-22-37(40)46)49-41-25-13-7-19-33(41)34-27-39-44(28-42(34)49)50-43-26-14-11-23-38(43)47(39)35-20-8-5-17-31(35)32-18-6-9-21-36(32)47/h2-5,7-8,11,13-17,19-20,22-29,37H,6,9,18,21H2,1H3. The first-order valence-electron chi connectivity index (χ1n) is 17.9. The highest BCUT2D eigenvalue weighted by molar-refractivity contribution is 7.99. The monoisotopic (exact) mass is 658 g/mol. The molecule has 3 heterocycles. The van der Waals surface area contributed by atoms with Crippen LogP contribution in [0.2, 0.25) is 0 Å². The highest BCUT2D eigenvalue weighted by Gasteiger charge is 2.52. The summed E-state index contributed by atoms with van der Waals surface area (Å²) in [6.07, 6.45) is 11.4. The fraction of sp³-hybridized carbons (Fsp3) is 0.170. The zero-order valence-corrected chi connectivity index (χ0v) is 28.7. The second-order valence-corrected chi connectivity index (χ2v) is 15.6. The van der Waals surface area contributed by atoms with Crippen LogP contribution in [0.3, 0.4) is 0 Å². The number of hydrogen-bond acceptors (Lipinski definition) is 2. The topological polar surface area (TPSA) is 17.3 Å². The van der Waals surface area contributed by atoms with Crippen LogP contribution in [-0.2, 0) is 10.8 Å². The molecule has 0 bridgehead atoms. The Bertz CT molecular complexity index is 2670. The summed E-state index contributed by atoms with van der Waals surface area (Å²) in [7, 11) is 0. The summed E-state index contributed by atoms with van der Waals surface area (Å²) >= 11 is 1.93. The molecule has 238 valence electrons. The van der Waals surface area contributed by atoms with Gasteiger partial charge in [-0.3, -0.25) is 4.57 Å². The second-order valence-electron chi connectivity index (χ2n) is 14.5. The van der Waals surface area contributed by atoms with Gasteiger partial charge >= 0.3 is 0 Å². The van der Waals surface area contributed by atoms with Gasteiger partial charge in [0.2, 0.25) is 0 Å². The Morgan fingerprint density at radius 1 is 0.720 bits per heavy atom. The Morgan fingerprint density at radius 2 is 1.50 bits per heavy atom. The summed E-state index contributed by atoms with van der Waals surface area (Å²) in [5.41, 5.74) is 19.6. The summed E-state index contributed by atoms with van der Waals surface area (Å²) in [5.74, 6) is 1.05. The van der Waals surface area contributed by atoms with Crippen LogP contribution in [0, 0.1) is 5.92 Å². The summed E-state index contributed by atoms with van der Waals surface area (Å²) < 4.78 is 2.42. The molecule has 6 aromatic rings. The molecule has 0 radical (unpaired) electrons. The third kappa shape index (κ3) is 3.65. The smallest absolute Gasteiger partial charge is 0.134 e. The second kappa shape index (κ2) is 10.4. The fourth-order valence-electron chi connectivity index (χ4n) is 9.92. The zero-order valence-electron chi connectivity index (χ0n) is 27.9. The van der Waals surface area contributed by atoms with Crippen molar-refractivity contribution in [2.24, 2.45) is 10.9 Å². The lowest BCUT2D eigenvalue weighted by atomic mass is 9.64. The van der Waals surface area contributed by atoms with Crippen LogP contribution in [0.5, 0.6) is 0 Å². The first kappa shape index (κ1) is 28.5. The molecule has 1 spiro atoms. The van der Waals surface area contributed by atoms with Crippen molar-refractivity contribution < 1.29 is 0 Å². The van der Waals surface area contributed by atoms with Gasteiger partial charge in [0, 0.05) is 38.0 Å². The number of fused-ring (bicyclic) bond motifs is 12. The van der Waals surface area contributed by atoms with Crippen molar-refractivity contribution in [1.82, 2.24) is 4.57 Å². The van der Waals surface area contributed by atoms with Gasteiger partial charge < -0.3 is 0 Å². The van der Waals surface area contributed by atoms with E-state index in [1.807, 2.05) is 17.8 Å². The van der Waals surface area contributed by atoms with E-state index in [-0.39, 0.29) is 16.7 Å². The van der Waals surface area contributed by atoms with Gasteiger partial charge in [-0.2, -0.15) is 0 Å². The van der Waals surface area contributed by atoms with Crippen molar-refractivity contribution >= 4 is 50.7 Å². The van der Waals surface area contributed by atoms with Gasteiger partial charge in [-0.1, -0.05) is 121 Å². The molecule has 0 amide bonds. The van der Waals surface area contributed by atoms with E-state index in [0.29, 0.717) is 0 Å². The maximum Gasteiger partial charge on any atom is 0.134 e.